The second-order valence-electron chi connectivity index (χ2n) is 5.23. The van der Waals surface area contributed by atoms with E-state index in [-0.39, 0.29) is 5.91 Å². The van der Waals surface area contributed by atoms with Crippen LogP contribution in [0.3, 0.4) is 0 Å². The van der Waals surface area contributed by atoms with E-state index in [2.05, 4.69) is 37.3 Å². The normalized spacial score (nSPS) is 10.3. The van der Waals surface area contributed by atoms with E-state index < -0.39 is 0 Å². The van der Waals surface area contributed by atoms with Crippen LogP contribution < -0.4 is 10.1 Å². The summed E-state index contributed by atoms with van der Waals surface area (Å²) in [5.41, 5.74) is 1.20. The minimum Gasteiger partial charge on any atom is -0.439 e. The Bertz CT molecular complexity index is 982. The lowest BCUT2D eigenvalue weighted by Crippen LogP contribution is -2.12. The SMILES string of the molecule is Cc1nc(NC(=O)c2ccc(Oc3ccc(Br)cc3)nc2)sc1SCC#N. The Labute approximate surface area is 172 Å². The third-order valence-electron chi connectivity index (χ3n) is 3.28. The zero-order valence-electron chi connectivity index (χ0n) is 14.1. The van der Waals surface area contributed by atoms with Crippen LogP contribution in [0, 0.1) is 18.3 Å². The standard InChI is InChI=1S/C18H13BrN4O2S2/c1-11-17(26-9-8-20)27-18(22-11)23-16(24)12-2-7-15(21-10-12)25-14-5-3-13(19)4-6-14/h2-7,10H,9H2,1H3,(H,22,23,24). The smallest absolute Gasteiger partial charge is 0.259 e. The van der Waals surface area contributed by atoms with Gasteiger partial charge in [0.2, 0.25) is 5.88 Å². The van der Waals surface area contributed by atoms with Gasteiger partial charge in [-0.25, -0.2) is 9.97 Å². The number of hydrogen-bond acceptors (Lipinski definition) is 7. The van der Waals surface area contributed by atoms with Crippen molar-refractivity contribution >= 4 is 50.1 Å². The number of hydrogen-bond donors (Lipinski definition) is 1. The molecule has 2 heterocycles. The number of thiazole rings is 1. The predicted octanol–water partition coefficient (Wildman–Crippen LogP) is 5.27. The van der Waals surface area contributed by atoms with Gasteiger partial charge in [0.05, 0.1) is 27.3 Å². The summed E-state index contributed by atoms with van der Waals surface area (Å²) in [6.07, 6.45) is 1.45. The van der Waals surface area contributed by atoms with Gasteiger partial charge in [0.25, 0.3) is 5.91 Å². The molecule has 1 aromatic carbocycles. The Morgan fingerprint density at radius 2 is 2.11 bits per heavy atom. The molecule has 0 unspecified atom stereocenters. The van der Waals surface area contributed by atoms with Gasteiger partial charge >= 0.3 is 0 Å². The Balaban J connectivity index is 1.63. The highest BCUT2D eigenvalue weighted by atomic mass is 79.9. The Kier molecular flexibility index (Phi) is 6.45. The van der Waals surface area contributed by atoms with Crippen LogP contribution in [0.4, 0.5) is 5.13 Å². The number of anilines is 1. The van der Waals surface area contributed by atoms with Gasteiger partial charge in [-0.3, -0.25) is 10.1 Å². The van der Waals surface area contributed by atoms with Crippen molar-refractivity contribution in [3.8, 4) is 17.7 Å². The number of pyridine rings is 1. The molecule has 0 aliphatic heterocycles. The molecule has 1 amide bonds. The highest BCUT2D eigenvalue weighted by Gasteiger charge is 2.13. The largest absolute Gasteiger partial charge is 0.439 e. The topological polar surface area (TPSA) is 87.9 Å². The van der Waals surface area contributed by atoms with Crippen molar-refractivity contribution in [1.82, 2.24) is 9.97 Å². The van der Waals surface area contributed by atoms with E-state index in [1.54, 1.807) is 12.1 Å². The van der Waals surface area contributed by atoms with Gasteiger partial charge in [-0.2, -0.15) is 5.26 Å². The van der Waals surface area contributed by atoms with Crippen LogP contribution in [0.5, 0.6) is 11.6 Å². The van der Waals surface area contributed by atoms with Gasteiger partial charge in [0.15, 0.2) is 5.13 Å². The van der Waals surface area contributed by atoms with Crippen LogP contribution in [0.25, 0.3) is 0 Å². The third kappa shape index (κ3) is 5.29. The first-order valence-corrected chi connectivity index (χ1v) is 10.3. The molecule has 3 rings (SSSR count). The number of ether oxygens (including phenoxy) is 1. The van der Waals surface area contributed by atoms with Crippen LogP contribution >= 0.6 is 39.0 Å². The summed E-state index contributed by atoms with van der Waals surface area (Å²) in [5, 5.41) is 11.9. The van der Waals surface area contributed by atoms with E-state index >= 15 is 0 Å². The molecule has 2 aromatic heterocycles. The molecule has 0 bridgehead atoms. The minimum absolute atomic E-state index is 0.303. The summed E-state index contributed by atoms with van der Waals surface area (Å²) in [5.74, 6) is 1.10. The monoisotopic (exact) mass is 460 g/mol. The fourth-order valence-corrected chi connectivity index (χ4v) is 4.09. The molecule has 0 fully saturated rings. The molecule has 0 spiro atoms. The number of thioether (sulfide) groups is 1. The fourth-order valence-electron chi connectivity index (χ4n) is 2.04. The maximum absolute atomic E-state index is 12.4. The lowest BCUT2D eigenvalue weighted by molar-refractivity contribution is 0.102. The van der Waals surface area contributed by atoms with Crippen molar-refractivity contribution in [2.45, 2.75) is 11.1 Å². The number of nitriles is 1. The number of carbonyl (C=O) groups excluding carboxylic acids is 1. The predicted molar refractivity (Wildman–Crippen MR) is 110 cm³/mol. The van der Waals surface area contributed by atoms with Crippen molar-refractivity contribution in [2.75, 3.05) is 11.1 Å². The van der Waals surface area contributed by atoms with Crippen molar-refractivity contribution < 1.29 is 9.53 Å². The van der Waals surface area contributed by atoms with Gasteiger partial charge in [-0.05, 0) is 37.3 Å². The van der Waals surface area contributed by atoms with E-state index in [1.807, 2.05) is 31.2 Å². The molecule has 136 valence electrons. The number of carbonyl (C=O) groups is 1. The van der Waals surface area contributed by atoms with E-state index in [9.17, 15) is 4.79 Å². The second-order valence-corrected chi connectivity index (χ2v) is 8.39. The number of halogens is 1. The van der Waals surface area contributed by atoms with Crippen LogP contribution in [0.15, 0.2) is 51.3 Å². The Hall–Kier alpha value is -2.41. The summed E-state index contributed by atoms with van der Waals surface area (Å²) < 4.78 is 7.52. The number of nitrogens with zero attached hydrogens (tertiary/aromatic N) is 3. The summed E-state index contributed by atoms with van der Waals surface area (Å²) in [7, 11) is 0. The summed E-state index contributed by atoms with van der Waals surface area (Å²) in [4.78, 5) is 20.9. The number of aryl methyl sites for hydroxylation is 1. The molecule has 0 saturated heterocycles. The number of rotatable bonds is 6. The van der Waals surface area contributed by atoms with Crippen LogP contribution in [-0.4, -0.2) is 21.6 Å². The quantitative estimate of drug-likeness (QED) is 0.504. The molecule has 27 heavy (non-hydrogen) atoms. The van der Waals surface area contributed by atoms with E-state index in [1.165, 1.54) is 29.3 Å². The van der Waals surface area contributed by atoms with Crippen molar-refractivity contribution in [2.24, 2.45) is 0 Å². The highest BCUT2D eigenvalue weighted by molar-refractivity contribution is 9.10. The summed E-state index contributed by atoms with van der Waals surface area (Å²) in [6.45, 7) is 1.85. The van der Waals surface area contributed by atoms with E-state index in [4.69, 9.17) is 10.00 Å². The first-order chi connectivity index (χ1) is 13.0. The minimum atomic E-state index is -0.303. The molecule has 0 saturated carbocycles. The van der Waals surface area contributed by atoms with Gasteiger partial charge in [-0.15, -0.1) is 0 Å². The fraction of sp³-hybridized carbons (Fsp3) is 0.111. The van der Waals surface area contributed by atoms with Crippen LogP contribution in [-0.2, 0) is 0 Å². The average molecular weight is 461 g/mol. The molecular weight excluding hydrogens is 448 g/mol. The Morgan fingerprint density at radius 1 is 1.33 bits per heavy atom. The van der Waals surface area contributed by atoms with Gasteiger partial charge in [-0.1, -0.05) is 39.0 Å². The van der Waals surface area contributed by atoms with Gasteiger partial charge < -0.3 is 4.74 Å². The maximum Gasteiger partial charge on any atom is 0.259 e. The summed E-state index contributed by atoms with van der Waals surface area (Å²) in [6, 6.07) is 12.7. The average Bonchev–Trinajstić information content (AvgIpc) is 3.01. The van der Waals surface area contributed by atoms with Crippen LogP contribution in [0.1, 0.15) is 16.1 Å². The first-order valence-electron chi connectivity index (χ1n) is 7.73. The maximum atomic E-state index is 12.4. The molecule has 3 aromatic rings. The molecule has 0 aliphatic rings. The molecule has 0 atom stereocenters. The number of amides is 1. The van der Waals surface area contributed by atoms with Crippen LogP contribution in [0.2, 0.25) is 0 Å². The lowest BCUT2D eigenvalue weighted by Gasteiger charge is -2.06. The molecule has 0 aliphatic carbocycles. The molecule has 1 N–H and O–H groups in total. The highest BCUT2D eigenvalue weighted by Crippen LogP contribution is 2.32. The Morgan fingerprint density at radius 3 is 2.78 bits per heavy atom. The number of nitrogens with one attached hydrogen (secondary N) is 1. The number of benzene rings is 1. The van der Waals surface area contributed by atoms with E-state index in [0.29, 0.717) is 28.1 Å². The first kappa shape index (κ1) is 19.4. The lowest BCUT2D eigenvalue weighted by atomic mass is 10.3. The van der Waals surface area contributed by atoms with E-state index in [0.717, 1.165) is 14.4 Å². The second kappa shape index (κ2) is 8.99. The number of aromatic nitrogens is 2. The molecular formula is C18H13BrN4O2S2. The zero-order valence-corrected chi connectivity index (χ0v) is 17.3. The molecule has 0 radical (unpaired) electrons. The van der Waals surface area contributed by atoms with Gasteiger partial charge in [0.1, 0.15) is 5.75 Å². The van der Waals surface area contributed by atoms with Crippen molar-refractivity contribution in [1.29, 1.82) is 5.26 Å². The third-order valence-corrected chi connectivity index (χ3v) is 6.11. The van der Waals surface area contributed by atoms with Crippen molar-refractivity contribution in [3.63, 3.8) is 0 Å². The zero-order chi connectivity index (χ0) is 19.2. The van der Waals surface area contributed by atoms with Gasteiger partial charge in [0, 0.05) is 16.7 Å². The molecule has 9 heteroatoms. The molecule has 6 nitrogen and oxygen atoms in total. The summed E-state index contributed by atoms with van der Waals surface area (Å²) >= 11 is 6.12. The van der Waals surface area contributed by atoms with Crippen molar-refractivity contribution in [3.05, 3.63) is 58.3 Å².